The molecule has 0 aliphatic carbocycles. The van der Waals surface area contributed by atoms with E-state index in [1.165, 1.54) is 75.7 Å². The second kappa shape index (κ2) is 20.8. The highest BCUT2D eigenvalue weighted by molar-refractivity contribution is 9.52. The lowest BCUT2D eigenvalue weighted by Crippen LogP contribution is -1.84. The second-order valence-corrected chi connectivity index (χ2v) is 21.6. The normalized spacial score (nSPS) is 24.0. The maximum atomic E-state index is 2.02. The first-order valence-electron chi connectivity index (χ1n) is 7.58. The lowest BCUT2D eigenvalue weighted by molar-refractivity contribution is 0.564. The van der Waals surface area contributed by atoms with Gasteiger partial charge in [-0.3, -0.25) is 0 Å². The van der Waals surface area contributed by atoms with Crippen LogP contribution in [-0.2, 0) is 0 Å². The van der Waals surface area contributed by atoms with Crippen molar-refractivity contribution in [2.75, 3.05) is 11.5 Å². The van der Waals surface area contributed by atoms with Gasteiger partial charge in [-0.2, -0.15) is 0 Å². The van der Waals surface area contributed by atoms with Crippen molar-refractivity contribution in [1.82, 2.24) is 0 Å². The van der Waals surface area contributed by atoms with Crippen LogP contribution < -0.4 is 0 Å². The minimum absolute atomic E-state index is 1.31. The summed E-state index contributed by atoms with van der Waals surface area (Å²) in [6.45, 7) is 0. The highest BCUT2D eigenvalue weighted by Gasteiger charge is 1.99. The Hall–Kier alpha value is 3.50. The van der Waals surface area contributed by atoms with Gasteiger partial charge in [0.1, 0.15) is 0 Å². The minimum atomic E-state index is 1.31. The van der Waals surface area contributed by atoms with Gasteiger partial charge >= 0.3 is 0 Å². The van der Waals surface area contributed by atoms with E-state index in [2.05, 4.69) is 0 Å². The van der Waals surface area contributed by atoms with E-state index >= 15 is 0 Å². The van der Waals surface area contributed by atoms with Gasteiger partial charge in [-0.15, -0.1) is 0 Å². The highest BCUT2D eigenvalue weighted by atomic mass is 34.0. The quantitative estimate of drug-likeness (QED) is 0.300. The summed E-state index contributed by atoms with van der Waals surface area (Å²) in [5.41, 5.74) is 0. The summed E-state index contributed by atoms with van der Waals surface area (Å²) < 4.78 is 0. The average molecular weight is 489 g/mol. The Labute approximate surface area is 174 Å². The maximum Gasteiger partial charge on any atom is 0.00454 e. The van der Waals surface area contributed by atoms with Crippen molar-refractivity contribution in [2.45, 2.75) is 64.2 Å². The fraction of sp³-hybridized carbons (Fsp3) is 1.00. The summed E-state index contributed by atoms with van der Waals surface area (Å²) in [4.78, 5) is 0. The molecular weight excluding hydrogens is 465 g/mol. The summed E-state index contributed by atoms with van der Waals surface area (Å²) in [5.74, 6) is 2.63. The molecule has 0 unspecified atom stereocenters. The van der Waals surface area contributed by atoms with E-state index in [0.717, 1.165) is 0 Å². The fourth-order valence-electron chi connectivity index (χ4n) is 1.91. The summed E-state index contributed by atoms with van der Waals surface area (Å²) in [7, 11) is 19.3. The van der Waals surface area contributed by atoms with Crippen LogP contribution in [0.25, 0.3) is 0 Å². The molecule has 0 amide bonds. The molecule has 132 valence electrons. The Bertz CT molecular complexity index is 120. The van der Waals surface area contributed by atoms with Crippen molar-refractivity contribution >= 4 is 100 Å². The number of rotatable bonds is 0. The van der Waals surface area contributed by atoms with Gasteiger partial charge in [-0.25, -0.2) is 0 Å². The molecule has 1 rings (SSSR count). The molecule has 0 atom stereocenters. The molecule has 0 nitrogen and oxygen atoms in total. The molecule has 10 heteroatoms. The third-order valence-corrected chi connectivity index (χ3v) is 23.0. The maximum absolute atomic E-state index is 2.02. The van der Waals surface area contributed by atoms with Gasteiger partial charge in [0.15, 0.2) is 0 Å². The lowest BCUT2D eigenvalue weighted by atomic mass is 10.1. The predicted molar refractivity (Wildman–Crippen MR) is 132 cm³/mol. The van der Waals surface area contributed by atoms with Gasteiger partial charge in [0.2, 0.25) is 0 Å². The molecule has 0 bridgehead atoms. The molecule has 0 aromatic carbocycles. The van der Waals surface area contributed by atoms with E-state index in [0.29, 0.717) is 0 Å². The molecule has 1 fully saturated rings. The Morgan fingerprint density at radius 1 is 0.273 bits per heavy atom. The summed E-state index contributed by atoms with van der Waals surface area (Å²) in [6, 6.07) is 0. The summed E-state index contributed by atoms with van der Waals surface area (Å²) >= 11 is 0. The largest absolute Gasteiger partial charge is 0.0817 e. The molecule has 1 saturated heterocycles. The van der Waals surface area contributed by atoms with Gasteiger partial charge in [0.25, 0.3) is 0 Å². The van der Waals surface area contributed by atoms with Crippen LogP contribution in [0.3, 0.4) is 0 Å². The second-order valence-electron chi connectivity index (χ2n) is 4.72. The lowest BCUT2D eigenvalue weighted by Gasteiger charge is -2.03. The first kappa shape index (κ1) is 23.5. The van der Waals surface area contributed by atoms with Crippen LogP contribution in [0, 0.1) is 0 Å². The summed E-state index contributed by atoms with van der Waals surface area (Å²) in [5, 5.41) is 0. The third kappa shape index (κ3) is 18.3. The molecule has 0 spiro atoms. The van der Waals surface area contributed by atoms with E-state index in [1.807, 2.05) is 100 Å². The molecule has 0 saturated carbocycles. The van der Waals surface area contributed by atoms with Crippen LogP contribution in [0.15, 0.2) is 0 Å². The number of hydrogen-bond acceptors (Lipinski definition) is 10. The first-order chi connectivity index (χ1) is 11.0. The topological polar surface area (TPSA) is 0 Å². The Kier molecular flexibility index (Phi) is 22.3. The zero-order valence-electron chi connectivity index (χ0n) is 12.6. The van der Waals surface area contributed by atoms with Crippen LogP contribution in [0.4, 0.5) is 0 Å². The fourth-order valence-corrected chi connectivity index (χ4v) is 24.6. The average Bonchev–Trinajstić information content (AvgIpc) is 2.53. The van der Waals surface area contributed by atoms with Crippen molar-refractivity contribution in [1.29, 1.82) is 0 Å². The van der Waals surface area contributed by atoms with Crippen molar-refractivity contribution in [2.24, 2.45) is 0 Å². The van der Waals surface area contributed by atoms with Crippen LogP contribution in [0.5, 0.6) is 0 Å². The standard InChI is InChI=1S/C12H24S10/c1-2-4-6-8-10-12-14-16-18-20-22-21-19-17-15-13-11-9-7-5-3-1/h1-12H2. The van der Waals surface area contributed by atoms with E-state index < -0.39 is 0 Å². The Morgan fingerprint density at radius 2 is 0.545 bits per heavy atom. The molecular formula is C12H24S10. The van der Waals surface area contributed by atoms with E-state index in [1.54, 1.807) is 0 Å². The molecule has 0 N–H and O–H groups in total. The zero-order valence-corrected chi connectivity index (χ0v) is 20.7. The van der Waals surface area contributed by atoms with Gasteiger partial charge in [-0.1, -0.05) is 73.0 Å². The van der Waals surface area contributed by atoms with E-state index in [9.17, 15) is 0 Å². The van der Waals surface area contributed by atoms with Gasteiger partial charge < -0.3 is 0 Å². The zero-order chi connectivity index (χ0) is 15.6. The monoisotopic (exact) mass is 488 g/mol. The molecule has 0 aromatic rings. The minimum Gasteiger partial charge on any atom is -0.0817 e. The third-order valence-electron chi connectivity index (χ3n) is 3.00. The van der Waals surface area contributed by atoms with Crippen LogP contribution in [0.1, 0.15) is 64.2 Å². The molecule has 22 heavy (non-hydrogen) atoms. The van der Waals surface area contributed by atoms with Gasteiger partial charge in [-0.05, 0) is 91.4 Å². The Balaban J connectivity index is 2.00. The van der Waals surface area contributed by atoms with E-state index in [-0.39, 0.29) is 0 Å². The van der Waals surface area contributed by atoms with Crippen LogP contribution in [0.2, 0.25) is 0 Å². The van der Waals surface area contributed by atoms with Crippen molar-refractivity contribution in [3.63, 3.8) is 0 Å². The Morgan fingerprint density at radius 3 is 0.909 bits per heavy atom. The van der Waals surface area contributed by atoms with Crippen molar-refractivity contribution in [3.05, 3.63) is 0 Å². The van der Waals surface area contributed by atoms with Crippen LogP contribution in [-0.4, -0.2) is 11.5 Å². The van der Waals surface area contributed by atoms with E-state index in [4.69, 9.17) is 0 Å². The smallest absolute Gasteiger partial charge is 0.00454 e. The van der Waals surface area contributed by atoms with Crippen molar-refractivity contribution < 1.29 is 0 Å². The van der Waals surface area contributed by atoms with Gasteiger partial charge in [0.05, 0.1) is 0 Å². The molecule has 0 radical (unpaired) electrons. The predicted octanol–water partition coefficient (Wildman–Crippen LogP) is 10.5. The number of hydrogen-bond donors (Lipinski definition) is 0. The summed E-state index contributed by atoms with van der Waals surface area (Å²) in [6.07, 6.45) is 14.4. The molecule has 1 heterocycles. The van der Waals surface area contributed by atoms with Crippen molar-refractivity contribution in [3.8, 4) is 0 Å². The highest BCUT2D eigenvalue weighted by Crippen LogP contribution is 2.59. The molecule has 0 aromatic heterocycles. The van der Waals surface area contributed by atoms with Crippen LogP contribution >= 0.6 is 100 Å². The van der Waals surface area contributed by atoms with Gasteiger partial charge in [0, 0.05) is 11.5 Å². The molecule has 1 aliphatic rings. The molecule has 1 aliphatic heterocycles. The SMILES string of the molecule is C1CCCCCCSSSSSSSSSSCCCCC1. The first-order valence-corrected chi connectivity index (χ1v) is 20.7.